The Bertz CT molecular complexity index is 632. The van der Waals surface area contributed by atoms with Crippen LogP contribution >= 0.6 is 0 Å². The van der Waals surface area contributed by atoms with Crippen molar-refractivity contribution in [3.63, 3.8) is 0 Å². The smallest absolute Gasteiger partial charge is 0.374 e. The van der Waals surface area contributed by atoms with Gasteiger partial charge in [-0.25, -0.2) is 10.8 Å². The van der Waals surface area contributed by atoms with E-state index in [0.717, 1.165) is 11.9 Å². The van der Waals surface area contributed by atoms with Crippen LogP contribution < -0.4 is 20.7 Å². The highest BCUT2D eigenvalue weighted by atomic mass is 16.6. The SMILES string of the molecule is COc1ccc(COc2ncnc(NN)c2[N+](=O)[O-])cc1. The first-order valence-corrected chi connectivity index (χ1v) is 5.87. The third-order valence-corrected chi connectivity index (χ3v) is 2.64. The number of hydrogen-bond donors (Lipinski definition) is 2. The Morgan fingerprint density at radius 2 is 2.05 bits per heavy atom. The van der Waals surface area contributed by atoms with E-state index in [1.165, 1.54) is 0 Å². The summed E-state index contributed by atoms with van der Waals surface area (Å²) in [5.41, 5.74) is 2.54. The van der Waals surface area contributed by atoms with Gasteiger partial charge in [-0.05, 0) is 17.7 Å². The first kappa shape index (κ1) is 14.5. The number of nitrogens with zero attached hydrogens (tertiary/aromatic N) is 3. The molecule has 0 radical (unpaired) electrons. The van der Waals surface area contributed by atoms with E-state index in [0.29, 0.717) is 5.75 Å². The topological polar surface area (TPSA) is 125 Å². The van der Waals surface area contributed by atoms with Gasteiger partial charge in [0, 0.05) is 0 Å². The fourth-order valence-corrected chi connectivity index (χ4v) is 1.61. The molecular formula is C12H13N5O4. The summed E-state index contributed by atoms with van der Waals surface area (Å²) in [6.07, 6.45) is 1.13. The molecule has 2 rings (SSSR count). The van der Waals surface area contributed by atoms with Crippen molar-refractivity contribution in [2.75, 3.05) is 12.5 Å². The van der Waals surface area contributed by atoms with E-state index in [4.69, 9.17) is 15.3 Å². The number of methoxy groups -OCH3 is 1. The van der Waals surface area contributed by atoms with Crippen molar-refractivity contribution in [2.45, 2.75) is 6.61 Å². The van der Waals surface area contributed by atoms with Crippen LogP contribution in [-0.2, 0) is 6.61 Å². The summed E-state index contributed by atoms with van der Waals surface area (Å²) in [6, 6.07) is 7.10. The molecule has 0 aliphatic carbocycles. The summed E-state index contributed by atoms with van der Waals surface area (Å²) < 4.78 is 10.4. The maximum absolute atomic E-state index is 11.0. The van der Waals surface area contributed by atoms with Gasteiger partial charge in [0.25, 0.3) is 5.88 Å². The molecule has 0 saturated carbocycles. The van der Waals surface area contributed by atoms with E-state index in [1.807, 2.05) is 0 Å². The highest BCUT2D eigenvalue weighted by Crippen LogP contribution is 2.30. The molecule has 0 amide bonds. The Hall–Kier alpha value is -2.94. The first-order chi connectivity index (χ1) is 10.2. The van der Waals surface area contributed by atoms with Crippen LogP contribution in [0.3, 0.4) is 0 Å². The van der Waals surface area contributed by atoms with E-state index < -0.39 is 10.6 Å². The van der Waals surface area contributed by atoms with Gasteiger partial charge in [0.15, 0.2) is 0 Å². The van der Waals surface area contributed by atoms with Gasteiger partial charge < -0.3 is 14.9 Å². The van der Waals surface area contributed by atoms with Crippen LogP contribution in [0.15, 0.2) is 30.6 Å². The predicted molar refractivity (Wildman–Crippen MR) is 73.8 cm³/mol. The standard InChI is InChI=1S/C12H13N5O4/c1-20-9-4-2-8(3-5-9)6-21-12-10(17(18)19)11(16-13)14-7-15-12/h2-5,7H,6,13H2,1H3,(H,14,15,16). The second-order valence-corrected chi connectivity index (χ2v) is 3.91. The molecule has 1 heterocycles. The van der Waals surface area contributed by atoms with Crippen LogP contribution in [0.2, 0.25) is 0 Å². The summed E-state index contributed by atoms with van der Waals surface area (Å²) in [5, 5.41) is 11.0. The number of anilines is 1. The van der Waals surface area contributed by atoms with E-state index in [-0.39, 0.29) is 18.3 Å². The number of nitrogen functional groups attached to an aromatic ring is 1. The number of benzene rings is 1. The van der Waals surface area contributed by atoms with Crippen molar-refractivity contribution in [2.24, 2.45) is 5.84 Å². The lowest BCUT2D eigenvalue weighted by Crippen LogP contribution is -2.12. The molecule has 110 valence electrons. The molecule has 9 nitrogen and oxygen atoms in total. The fourth-order valence-electron chi connectivity index (χ4n) is 1.61. The number of nitrogens with two attached hydrogens (primary N) is 1. The summed E-state index contributed by atoms with van der Waals surface area (Å²) in [5.74, 6) is 5.63. The van der Waals surface area contributed by atoms with Crippen LogP contribution in [0.5, 0.6) is 11.6 Å². The Balaban J connectivity index is 2.17. The molecule has 2 aromatic rings. The monoisotopic (exact) mass is 291 g/mol. The lowest BCUT2D eigenvalue weighted by Gasteiger charge is -2.08. The first-order valence-electron chi connectivity index (χ1n) is 5.87. The molecule has 0 bridgehead atoms. The van der Waals surface area contributed by atoms with Crippen LogP contribution in [0.1, 0.15) is 5.56 Å². The third kappa shape index (κ3) is 3.34. The molecule has 21 heavy (non-hydrogen) atoms. The largest absolute Gasteiger partial charge is 0.497 e. The Morgan fingerprint density at radius 3 is 2.62 bits per heavy atom. The lowest BCUT2D eigenvalue weighted by atomic mass is 10.2. The quantitative estimate of drug-likeness (QED) is 0.463. The number of hydrazine groups is 1. The second kappa shape index (κ2) is 6.48. The van der Waals surface area contributed by atoms with Gasteiger partial charge in [0.1, 0.15) is 18.7 Å². The van der Waals surface area contributed by atoms with Gasteiger partial charge in [0.2, 0.25) is 5.82 Å². The molecule has 0 fully saturated rings. The van der Waals surface area contributed by atoms with Crippen LogP contribution in [0.4, 0.5) is 11.5 Å². The van der Waals surface area contributed by atoms with Crippen molar-refractivity contribution in [1.82, 2.24) is 9.97 Å². The fraction of sp³-hybridized carbons (Fsp3) is 0.167. The molecule has 3 N–H and O–H groups in total. The van der Waals surface area contributed by atoms with Crippen molar-refractivity contribution in [3.8, 4) is 11.6 Å². The highest BCUT2D eigenvalue weighted by Gasteiger charge is 2.23. The van der Waals surface area contributed by atoms with Gasteiger partial charge in [0.05, 0.1) is 12.0 Å². The van der Waals surface area contributed by atoms with E-state index in [9.17, 15) is 10.1 Å². The van der Waals surface area contributed by atoms with Gasteiger partial charge >= 0.3 is 5.69 Å². The molecular weight excluding hydrogens is 278 g/mol. The zero-order valence-corrected chi connectivity index (χ0v) is 11.1. The summed E-state index contributed by atoms with van der Waals surface area (Å²) in [4.78, 5) is 17.8. The Kier molecular flexibility index (Phi) is 4.46. The van der Waals surface area contributed by atoms with Crippen LogP contribution in [0.25, 0.3) is 0 Å². The second-order valence-electron chi connectivity index (χ2n) is 3.91. The number of nitrogens with one attached hydrogen (secondary N) is 1. The van der Waals surface area contributed by atoms with E-state index in [1.54, 1.807) is 31.4 Å². The van der Waals surface area contributed by atoms with Crippen molar-refractivity contribution in [1.29, 1.82) is 0 Å². The average molecular weight is 291 g/mol. The molecule has 0 spiro atoms. The van der Waals surface area contributed by atoms with Gasteiger partial charge in [-0.1, -0.05) is 12.1 Å². The zero-order chi connectivity index (χ0) is 15.2. The Labute approximate surface area is 119 Å². The number of aromatic nitrogens is 2. The minimum Gasteiger partial charge on any atom is -0.497 e. The maximum atomic E-state index is 11.0. The Morgan fingerprint density at radius 1 is 1.33 bits per heavy atom. The van der Waals surface area contributed by atoms with Crippen LogP contribution in [-0.4, -0.2) is 22.0 Å². The number of hydrogen-bond acceptors (Lipinski definition) is 8. The molecule has 1 aromatic heterocycles. The number of rotatable bonds is 6. The van der Waals surface area contributed by atoms with Gasteiger partial charge in [-0.2, -0.15) is 4.98 Å². The number of nitro groups is 1. The maximum Gasteiger partial charge on any atom is 0.374 e. The molecule has 1 aromatic carbocycles. The molecule has 0 atom stereocenters. The number of ether oxygens (including phenoxy) is 2. The predicted octanol–water partition coefficient (Wildman–Crippen LogP) is 1.26. The normalized spacial score (nSPS) is 10.0. The molecule has 9 heteroatoms. The van der Waals surface area contributed by atoms with E-state index in [2.05, 4.69) is 15.4 Å². The van der Waals surface area contributed by atoms with Crippen LogP contribution in [0, 0.1) is 10.1 Å². The van der Waals surface area contributed by atoms with E-state index >= 15 is 0 Å². The molecule has 0 saturated heterocycles. The highest BCUT2D eigenvalue weighted by molar-refractivity contribution is 5.60. The van der Waals surface area contributed by atoms with Crippen molar-refractivity contribution >= 4 is 11.5 Å². The summed E-state index contributed by atoms with van der Waals surface area (Å²) >= 11 is 0. The zero-order valence-electron chi connectivity index (χ0n) is 11.1. The summed E-state index contributed by atoms with van der Waals surface area (Å²) in [6.45, 7) is 0.117. The van der Waals surface area contributed by atoms with Gasteiger partial charge in [-0.15, -0.1) is 0 Å². The lowest BCUT2D eigenvalue weighted by molar-refractivity contribution is -0.385. The van der Waals surface area contributed by atoms with Gasteiger partial charge in [-0.3, -0.25) is 10.1 Å². The minimum atomic E-state index is -0.654. The molecule has 0 aliphatic heterocycles. The average Bonchev–Trinajstić information content (AvgIpc) is 2.52. The summed E-state index contributed by atoms with van der Waals surface area (Å²) in [7, 11) is 1.57. The van der Waals surface area contributed by atoms with Crippen molar-refractivity contribution in [3.05, 3.63) is 46.3 Å². The minimum absolute atomic E-state index is 0.111. The third-order valence-electron chi connectivity index (χ3n) is 2.64. The molecule has 0 aliphatic rings. The molecule has 0 unspecified atom stereocenters. The van der Waals surface area contributed by atoms with Crippen molar-refractivity contribution < 1.29 is 14.4 Å².